The number of aromatic nitrogens is 2. The fourth-order valence-electron chi connectivity index (χ4n) is 1.70. The van der Waals surface area contributed by atoms with E-state index in [9.17, 15) is 4.79 Å². The molecule has 1 atom stereocenters. The number of nitrogens with zero attached hydrogens (tertiary/aromatic N) is 2. The van der Waals surface area contributed by atoms with Gasteiger partial charge in [-0.3, -0.25) is 9.36 Å². The maximum Gasteiger partial charge on any atom is 0.254 e. The van der Waals surface area contributed by atoms with Gasteiger partial charge in [0.05, 0.1) is 12.0 Å². The number of hydrogen-bond acceptors (Lipinski definition) is 2. The van der Waals surface area contributed by atoms with Crippen LogP contribution in [0, 0.1) is 0 Å². The fourth-order valence-corrected chi connectivity index (χ4v) is 1.70. The van der Waals surface area contributed by atoms with Gasteiger partial charge in [-0.05, 0) is 13.3 Å². The molecule has 0 aliphatic carbocycles. The quantitative estimate of drug-likeness (QED) is 0.809. The molecule has 1 aromatic carbocycles. The minimum atomic E-state index is 0.00760. The van der Waals surface area contributed by atoms with Crippen LogP contribution in [0.3, 0.4) is 0 Å². The molecular formula is C14H16N2O. The van der Waals surface area contributed by atoms with E-state index in [4.69, 9.17) is 0 Å². The first-order chi connectivity index (χ1) is 8.22. The predicted octanol–water partition coefficient (Wildman–Crippen LogP) is 2.88. The zero-order valence-electron chi connectivity index (χ0n) is 10.1. The first-order valence-electron chi connectivity index (χ1n) is 5.86. The highest BCUT2D eigenvalue weighted by Gasteiger charge is 2.06. The van der Waals surface area contributed by atoms with Crippen LogP contribution in [-0.2, 0) is 0 Å². The van der Waals surface area contributed by atoms with Crippen LogP contribution in [0.2, 0.25) is 0 Å². The third-order valence-electron chi connectivity index (χ3n) is 2.97. The summed E-state index contributed by atoms with van der Waals surface area (Å²) in [5.74, 6) is 0. The fraction of sp³-hybridized carbons (Fsp3) is 0.286. The average molecular weight is 228 g/mol. The van der Waals surface area contributed by atoms with E-state index in [0.717, 1.165) is 17.7 Å². The van der Waals surface area contributed by atoms with Crippen LogP contribution in [0.25, 0.3) is 11.3 Å². The molecule has 0 saturated carbocycles. The van der Waals surface area contributed by atoms with Crippen LogP contribution in [0.5, 0.6) is 0 Å². The summed E-state index contributed by atoms with van der Waals surface area (Å²) in [6.07, 6.45) is 2.56. The van der Waals surface area contributed by atoms with Crippen LogP contribution in [0.1, 0.15) is 26.3 Å². The Kier molecular flexibility index (Phi) is 3.38. The molecule has 0 spiro atoms. The summed E-state index contributed by atoms with van der Waals surface area (Å²) in [6.45, 7) is 4.08. The summed E-state index contributed by atoms with van der Waals surface area (Å²) in [4.78, 5) is 16.3. The molecule has 1 heterocycles. The Morgan fingerprint density at radius 2 is 2.00 bits per heavy atom. The van der Waals surface area contributed by atoms with E-state index in [-0.39, 0.29) is 11.6 Å². The lowest BCUT2D eigenvalue weighted by Gasteiger charge is -2.12. The van der Waals surface area contributed by atoms with E-state index in [1.165, 1.54) is 0 Å². The molecule has 88 valence electrons. The van der Waals surface area contributed by atoms with Crippen molar-refractivity contribution in [2.24, 2.45) is 0 Å². The zero-order chi connectivity index (χ0) is 12.3. The molecule has 0 saturated heterocycles. The normalized spacial score (nSPS) is 12.4. The molecule has 2 rings (SSSR count). The molecule has 3 nitrogen and oxygen atoms in total. The van der Waals surface area contributed by atoms with Crippen molar-refractivity contribution in [3.63, 3.8) is 0 Å². The number of benzene rings is 1. The van der Waals surface area contributed by atoms with Gasteiger partial charge >= 0.3 is 0 Å². The summed E-state index contributed by atoms with van der Waals surface area (Å²) < 4.78 is 1.67. The first kappa shape index (κ1) is 11.6. The highest BCUT2D eigenvalue weighted by atomic mass is 16.1. The van der Waals surface area contributed by atoms with Crippen molar-refractivity contribution in [1.29, 1.82) is 0 Å². The van der Waals surface area contributed by atoms with Crippen molar-refractivity contribution in [2.75, 3.05) is 0 Å². The van der Waals surface area contributed by atoms with E-state index in [1.54, 1.807) is 17.0 Å². The SMILES string of the molecule is CCC(C)n1cnc(-c2ccccc2)cc1=O. The van der Waals surface area contributed by atoms with Gasteiger partial charge in [-0.15, -0.1) is 0 Å². The molecule has 0 aliphatic heterocycles. The van der Waals surface area contributed by atoms with Crippen LogP contribution in [0.4, 0.5) is 0 Å². The highest BCUT2D eigenvalue weighted by Crippen LogP contribution is 2.14. The van der Waals surface area contributed by atoms with E-state index in [0.29, 0.717) is 0 Å². The molecule has 0 radical (unpaired) electrons. The predicted molar refractivity (Wildman–Crippen MR) is 68.9 cm³/mol. The van der Waals surface area contributed by atoms with Gasteiger partial charge in [0.2, 0.25) is 0 Å². The summed E-state index contributed by atoms with van der Waals surface area (Å²) in [5.41, 5.74) is 1.71. The van der Waals surface area contributed by atoms with Gasteiger partial charge in [0.25, 0.3) is 5.56 Å². The minimum absolute atomic E-state index is 0.00760. The summed E-state index contributed by atoms with van der Waals surface area (Å²) in [6, 6.07) is 11.5. The minimum Gasteiger partial charge on any atom is -0.296 e. The highest BCUT2D eigenvalue weighted by molar-refractivity contribution is 5.57. The summed E-state index contributed by atoms with van der Waals surface area (Å²) in [7, 11) is 0. The Labute approximate surface area is 101 Å². The Hall–Kier alpha value is -1.90. The van der Waals surface area contributed by atoms with Gasteiger partial charge in [-0.1, -0.05) is 37.3 Å². The van der Waals surface area contributed by atoms with Crippen LogP contribution < -0.4 is 5.56 Å². The van der Waals surface area contributed by atoms with Crippen molar-refractivity contribution < 1.29 is 0 Å². The van der Waals surface area contributed by atoms with Crippen LogP contribution in [0.15, 0.2) is 47.5 Å². The Bertz CT molecular complexity index is 546. The standard InChI is InChI=1S/C14H16N2O/c1-3-11(2)16-10-15-13(9-14(16)17)12-7-5-4-6-8-12/h4-11H,3H2,1-2H3. The average Bonchev–Trinajstić information content (AvgIpc) is 2.39. The van der Waals surface area contributed by atoms with Gasteiger partial charge in [-0.25, -0.2) is 4.98 Å². The van der Waals surface area contributed by atoms with Gasteiger partial charge in [0.15, 0.2) is 0 Å². The lowest BCUT2D eigenvalue weighted by molar-refractivity contribution is 0.507. The number of rotatable bonds is 3. The van der Waals surface area contributed by atoms with E-state index in [2.05, 4.69) is 11.9 Å². The molecule has 1 aromatic heterocycles. The van der Waals surface area contributed by atoms with Crippen molar-refractivity contribution in [3.8, 4) is 11.3 Å². The van der Waals surface area contributed by atoms with Gasteiger partial charge in [0.1, 0.15) is 0 Å². The summed E-state index contributed by atoms with van der Waals surface area (Å²) in [5, 5.41) is 0. The van der Waals surface area contributed by atoms with Gasteiger partial charge in [-0.2, -0.15) is 0 Å². The van der Waals surface area contributed by atoms with E-state index < -0.39 is 0 Å². The second kappa shape index (κ2) is 4.95. The molecule has 1 unspecified atom stereocenters. The van der Waals surface area contributed by atoms with Crippen LogP contribution in [-0.4, -0.2) is 9.55 Å². The zero-order valence-corrected chi connectivity index (χ0v) is 10.1. The van der Waals surface area contributed by atoms with Crippen molar-refractivity contribution >= 4 is 0 Å². The van der Waals surface area contributed by atoms with Crippen molar-refractivity contribution in [2.45, 2.75) is 26.3 Å². The van der Waals surface area contributed by atoms with Gasteiger partial charge in [0, 0.05) is 17.7 Å². The maximum atomic E-state index is 11.9. The Balaban J connectivity index is 2.42. The topological polar surface area (TPSA) is 34.9 Å². The lowest BCUT2D eigenvalue weighted by atomic mass is 10.1. The monoisotopic (exact) mass is 228 g/mol. The second-order valence-electron chi connectivity index (χ2n) is 4.14. The molecule has 2 aromatic rings. The molecule has 0 N–H and O–H groups in total. The third kappa shape index (κ3) is 2.44. The molecule has 17 heavy (non-hydrogen) atoms. The van der Waals surface area contributed by atoms with Crippen LogP contribution >= 0.6 is 0 Å². The van der Waals surface area contributed by atoms with Crippen molar-refractivity contribution in [1.82, 2.24) is 9.55 Å². The Morgan fingerprint density at radius 1 is 1.29 bits per heavy atom. The largest absolute Gasteiger partial charge is 0.296 e. The molecule has 0 bridgehead atoms. The van der Waals surface area contributed by atoms with E-state index in [1.807, 2.05) is 37.3 Å². The molecule has 0 fully saturated rings. The maximum absolute atomic E-state index is 11.9. The molecule has 0 aliphatic rings. The smallest absolute Gasteiger partial charge is 0.254 e. The number of hydrogen-bond donors (Lipinski definition) is 0. The lowest BCUT2D eigenvalue weighted by Crippen LogP contribution is -2.22. The van der Waals surface area contributed by atoms with E-state index >= 15 is 0 Å². The molecular weight excluding hydrogens is 212 g/mol. The second-order valence-corrected chi connectivity index (χ2v) is 4.14. The van der Waals surface area contributed by atoms with Gasteiger partial charge < -0.3 is 0 Å². The first-order valence-corrected chi connectivity index (χ1v) is 5.86. The molecule has 3 heteroatoms. The summed E-state index contributed by atoms with van der Waals surface area (Å²) >= 11 is 0. The molecule has 0 amide bonds. The third-order valence-corrected chi connectivity index (χ3v) is 2.97. The van der Waals surface area contributed by atoms with Crippen molar-refractivity contribution in [3.05, 3.63) is 53.1 Å². The Morgan fingerprint density at radius 3 is 2.59 bits per heavy atom.